The highest BCUT2D eigenvalue weighted by Crippen LogP contribution is 2.26. The Morgan fingerprint density at radius 1 is 1.03 bits per heavy atom. The molecule has 3 rings (SSSR count). The average Bonchev–Trinajstić information content (AvgIpc) is 3.17. The molecule has 1 heterocycles. The van der Waals surface area contributed by atoms with E-state index in [1.807, 2.05) is 44.2 Å². The molecule has 2 amide bonds. The second-order valence-corrected chi connectivity index (χ2v) is 9.78. The van der Waals surface area contributed by atoms with Crippen LogP contribution in [0.3, 0.4) is 0 Å². The van der Waals surface area contributed by atoms with E-state index in [1.165, 1.54) is 18.4 Å². The molecule has 9 nitrogen and oxygen atoms in total. The minimum absolute atomic E-state index is 0.289. The SMILES string of the molecule is COC(=O)N[C@@H](Cc1ccccc1)C(=O)N[C@@H](Cc1ccc(NS(=O)[O-])cc1)c1nc(C)c(C)s1. The zero-order valence-corrected chi connectivity index (χ0v) is 21.2. The van der Waals surface area contributed by atoms with Gasteiger partial charge in [0.1, 0.15) is 11.0 Å². The summed E-state index contributed by atoms with van der Waals surface area (Å²) in [5.41, 5.74) is 3.09. The predicted octanol–water partition coefficient (Wildman–Crippen LogP) is 3.33. The topological polar surface area (TPSA) is 132 Å². The summed E-state index contributed by atoms with van der Waals surface area (Å²) in [4.78, 5) is 31.0. The van der Waals surface area contributed by atoms with Gasteiger partial charge in [0.25, 0.3) is 0 Å². The number of thiazole rings is 1. The van der Waals surface area contributed by atoms with Gasteiger partial charge in [-0.1, -0.05) is 42.5 Å². The van der Waals surface area contributed by atoms with E-state index in [-0.39, 0.29) is 12.3 Å². The van der Waals surface area contributed by atoms with Crippen molar-refractivity contribution in [1.82, 2.24) is 15.6 Å². The van der Waals surface area contributed by atoms with E-state index >= 15 is 0 Å². The van der Waals surface area contributed by atoms with Gasteiger partial charge in [-0.3, -0.25) is 9.00 Å². The Hall–Kier alpha value is -3.28. The highest BCUT2D eigenvalue weighted by molar-refractivity contribution is 7.80. The van der Waals surface area contributed by atoms with E-state index in [9.17, 15) is 18.4 Å². The minimum atomic E-state index is -2.41. The Labute approximate surface area is 210 Å². The summed E-state index contributed by atoms with van der Waals surface area (Å²) in [6, 6.07) is 15.0. The first-order chi connectivity index (χ1) is 16.7. The lowest BCUT2D eigenvalue weighted by Crippen LogP contribution is -2.49. The van der Waals surface area contributed by atoms with Gasteiger partial charge in [0, 0.05) is 28.3 Å². The molecule has 0 aliphatic rings. The maximum absolute atomic E-state index is 13.4. The molecule has 1 aromatic heterocycles. The van der Waals surface area contributed by atoms with Crippen LogP contribution in [-0.2, 0) is 33.6 Å². The number of rotatable bonds is 10. The van der Waals surface area contributed by atoms with E-state index in [1.54, 1.807) is 24.3 Å². The van der Waals surface area contributed by atoms with Crippen LogP contribution in [-0.4, -0.2) is 38.9 Å². The van der Waals surface area contributed by atoms with Gasteiger partial charge >= 0.3 is 6.09 Å². The van der Waals surface area contributed by atoms with Crippen molar-refractivity contribution in [2.45, 2.75) is 38.8 Å². The molecule has 0 aliphatic heterocycles. The monoisotopic (exact) mass is 515 g/mol. The van der Waals surface area contributed by atoms with E-state index in [2.05, 4.69) is 20.3 Å². The molecule has 3 aromatic rings. The van der Waals surface area contributed by atoms with Crippen LogP contribution < -0.4 is 15.4 Å². The number of hydrogen-bond donors (Lipinski definition) is 3. The number of benzene rings is 2. The number of amides is 2. The molecule has 0 bridgehead atoms. The Morgan fingerprint density at radius 2 is 1.69 bits per heavy atom. The Bertz CT molecular complexity index is 1150. The van der Waals surface area contributed by atoms with Crippen molar-refractivity contribution >= 4 is 40.3 Å². The van der Waals surface area contributed by atoms with Gasteiger partial charge in [-0.15, -0.1) is 11.3 Å². The molecule has 186 valence electrons. The van der Waals surface area contributed by atoms with Crippen LogP contribution >= 0.6 is 11.3 Å². The molecule has 0 saturated carbocycles. The zero-order chi connectivity index (χ0) is 25.4. The lowest BCUT2D eigenvalue weighted by Gasteiger charge is -2.22. The fourth-order valence-corrected chi connectivity index (χ4v) is 4.72. The van der Waals surface area contributed by atoms with Crippen LogP contribution in [0.1, 0.15) is 32.7 Å². The Kier molecular flexibility index (Phi) is 9.35. The average molecular weight is 516 g/mol. The maximum atomic E-state index is 13.4. The molecule has 2 aromatic carbocycles. The number of aromatic nitrogens is 1. The summed E-state index contributed by atoms with van der Waals surface area (Å²) in [5.74, 6) is -0.366. The molecule has 11 heteroatoms. The van der Waals surface area contributed by atoms with Crippen LogP contribution in [0.2, 0.25) is 0 Å². The van der Waals surface area contributed by atoms with Crippen LogP contribution in [0, 0.1) is 13.8 Å². The third-order valence-electron chi connectivity index (χ3n) is 5.33. The molecule has 0 fully saturated rings. The number of nitrogens with one attached hydrogen (secondary N) is 3. The molecule has 0 radical (unpaired) electrons. The molecular formula is C24H27N4O5S2-. The Morgan fingerprint density at radius 3 is 2.26 bits per heavy atom. The van der Waals surface area contributed by atoms with E-state index in [4.69, 9.17) is 4.74 Å². The first-order valence-electron chi connectivity index (χ1n) is 10.8. The first-order valence-corrected chi connectivity index (χ1v) is 12.7. The summed E-state index contributed by atoms with van der Waals surface area (Å²) >= 11 is -0.912. The largest absolute Gasteiger partial charge is 0.755 e. The normalized spacial score (nSPS) is 13.4. The van der Waals surface area contributed by atoms with Crippen LogP contribution in [0.5, 0.6) is 0 Å². The van der Waals surface area contributed by atoms with Gasteiger partial charge in [-0.05, 0) is 43.5 Å². The van der Waals surface area contributed by atoms with Gasteiger partial charge in [-0.25, -0.2) is 9.78 Å². The second kappa shape index (κ2) is 12.4. The van der Waals surface area contributed by atoms with Gasteiger partial charge in [0.15, 0.2) is 0 Å². The summed E-state index contributed by atoms with van der Waals surface area (Å²) in [5, 5.41) is 6.41. The molecule has 35 heavy (non-hydrogen) atoms. The Balaban J connectivity index is 1.83. The number of ether oxygens (including phenoxy) is 1. The van der Waals surface area contributed by atoms with Gasteiger partial charge in [0.2, 0.25) is 5.91 Å². The van der Waals surface area contributed by atoms with Gasteiger partial charge in [0.05, 0.1) is 18.8 Å². The smallest absolute Gasteiger partial charge is 0.407 e. The highest BCUT2D eigenvalue weighted by Gasteiger charge is 2.26. The molecule has 1 unspecified atom stereocenters. The van der Waals surface area contributed by atoms with Crippen molar-refractivity contribution < 1.29 is 23.1 Å². The second-order valence-electron chi connectivity index (χ2n) is 7.87. The molecular weight excluding hydrogens is 488 g/mol. The molecule has 3 N–H and O–H groups in total. The number of anilines is 1. The van der Waals surface area contributed by atoms with Crippen molar-refractivity contribution in [3.63, 3.8) is 0 Å². The number of alkyl carbamates (subject to hydrolysis) is 1. The van der Waals surface area contributed by atoms with E-state index in [0.29, 0.717) is 12.1 Å². The number of aryl methyl sites for hydroxylation is 2. The number of carbonyl (C=O) groups is 2. The number of hydrogen-bond acceptors (Lipinski definition) is 7. The van der Waals surface area contributed by atoms with Crippen LogP contribution in [0.4, 0.5) is 10.5 Å². The fraction of sp³-hybridized carbons (Fsp3) is 0.292. The van der Waals surface area contributed by atoms with Crippen molar-refractivity contribution in [2.24, 2.45) is 0 Å². The van der Waals surface area contributed by atoms with Gasteiger partial charge in [-0.2, -0.15) is 0 Å². The van der Waals surface area contributed by atoms with Crippen molar-refractivity contribution in [3.05, 3.63) is 81.3 Å². The molecule has 0 saturated heterocycles. The fourth-order valence-electron chi connectivity index (χ4n) is 3.42. The molecule has 0 spiro atoms. The third kappa shape index (κ3) is 7.88. The van der Waals surface area contributed by atoms with Gasteiger partial charge < -0.3 is 24.6 Å². The minimum Gasteiger partial charge on any atom is -0.755 e. The zero-order valence-electron chi connectivity index (χ0n) is 19.6. The maximum Gasteiger partial charge on any atom is 0.407 e. The van der Waals surface area contributed by atoms with Crippen LogP contribution in [0.25, 0.3) is 0 Å². The third-order valence-corrected chi connectivity index (χ3v) is 6.92. The van der Waals surface area contributed by atoms with Crippen LogP contribution in [0.15, 0.2) is 54.6 Å². The quantitative estimate of drug-likeness (QED) is 0.355. The summed E-state index contributed by atoms with van der Waals surface area (Å²) in [6.07, 6.45) is 0.0177. The standard InChI is InChI=1S/C24H28N4O5S2/c1-15-16(2)34-23(25-15)21(14-18-9-11-19(12-10-18)28-35(31)32)26-22(29)20(27-24(30)33-3)13-17-7-5-4-6-8-17/h4-12,20-21,28H,13-14H2,1-3H3,(H,26,29)(H,27,30)(H,31,32)/p-1/t20-,21-/m0/s1. The van der Waals surface area contributed by atoms with Crippen molar-refractivity contribution in [3.8, 4) is 0 Å². The summed E-state index contributed by atoms with van der Waals surface area (Å²) < 4.78 is 28.7. The van der Waals surface area contributed by atoms with Crippen molar-refractivity contribution in [1.29, 1.82) is 0 Å². The summed E-state index contributed by atoms with van der Waals surface area (Å²) in [6.45, 7) is 3.88. The molecule has 3 atom stereocenters. The van der Waals surface area contributed by atoms with E-state index in [0.717, 1.165) is 26.7 Å². The number of methoxy groups -OCH3 is 1. The number of carbonyl (C=O) groups excluding carboxylic acids is 2. The summed E-state index contributed by atoms with van der Waals surface area (Å²) in [7, 11) is 1.25. The highest BCUT2D eigenvalue weighted by atomic mass is 32.2. The van der Waals surface area contributed by atoms with Crippen molar-refractivity contribution in [2.75, 3.05) is 11.8 Å². The number of nitrogens with zero attached hydrogens (tertiary/aromatic N) is 1. The van der Waals surface area contributed by atoms with E-state index < -0.39 is 29.4 Å². The predicted molar refractivity (Wildman–Crippen MR) is 135 cm³/mol. The lowest BCUT2D eigenvalue weighted by molar-refractivity contribution is -0.123. The lowest BCUT2D eigenvalue weighted by atomic mass is 10.0. The molecule has 0 aliphatic carbocycles. The first kappa shape index (κ1) is 26.3.